The molecule has 5 nitrogen and oxygen atoms in total. The number of halogens is 1. The molecule has 0 aliphatic carbocycles. The first-order valence-corrected chi connectivity index (χ1v) is 9.28. The number of rotatable bonds is 6. The summed E-state index contributed by atoms with van der Waals surface area (Å²) in [7, 11) is 0. The lowest BCUT2D eigenvalue weighted by Crippen LogP contribution is -2.66. The minimum Gasteiger partial charge on any atom is -0.375 e. The van der Waals surface area contributed by atoms with Crippen LogP contribution in [-0.2, 0) is 27.3 Å². The van der Waals surface area contributed by atoms with Gasteiger partial charge in [0.25, 0.3) is 0 Å². The van der Waals surface area contributed by atoms with Crippen LogP contribution < -0.4 is 0 Å². The topological polar surface area (TPSA) is 51.7 Å². The second-order valence-electron chi connectivity index (χ2n) is 7.29. The molecule has 4 rings (SSSR count). The summed E-state index contributed by atoms with van der Waals surface area (Å²) in [5.74, 6) is -0.0288. The fourth-order valence-electron chi connectivity index (χ4n) is 3.87. The summed E-state index contributed by atoms with van der Waals surface area (Å²) >= 11 is 0. The second kappa shape index (κ2) is 7.74. The van der Waals surface area contributed by atoms with E-state index >= 15 is 0 Å². The van der Waals surface area contributed by atoms with Gasteiger partial charge in [-0.25, -0.2) is 4.39 Å². The van der Waals surface area contributed by atoms with E-state index in [-0.39, 0.29) is 29.7 Å². The summed E-state index contributed by atoms with van der Waals surface area (Å²) in [4.78, 5) is 18.5. The van der Waals surface area contributed by atoms with Crippen LogP contribution in [0, 0.1) is 11.7 Å². The number of hydrogen-bond donors (Lipinski definition) is 0. The Morgan fingerprint density at radius 3 is 2.96 bits per heavy atom. The first-order valence-electron chi connectivity index (χ1n) is 9.28. The van der Waals surface area contributed by atoms with Gasteiger partial charge in [0.15, 0.2) is 0 Å². The lowest BCUT2D eigenvalue weighted by molar-refractivity contribution is -0.168. The third-order valence-corrected chi connectivity index (χ3v) is 5.41. The van der Waals surface area contributed by atoms with Gasteiger partial charge in [0.2, 0.25) is 5.91 Å². The molecule has 142 valence electrons. The van der Waals surface area contributed by atoms with Gasteiger partial charge in [0, 0.05) is 18.7 Å². The second-order valence-corrected chi connectivity index (χ2v) is 7.29. The maximum absolute atomic E-state index is 13.3. The largest absolute Gasteiger partial charge is 0.375 e. The van der Waals surface area contributed by atoms with Crippen molar-refractivity contribution < 1.29 is 18.7 Å². The van der Waals surface area contributed by atoms with Crippen molar-refractivity contribution in [3.63, 3.8) is 0 Å². The molecule has 1 aromatic carbocycles. The highest BCUT2D eigenvalue weighted by Crippen LogP contribution is 2.40. The SMILES string of the molecule is O=C(Cc1cccc(F)c1)N1CC2(C1)OCCC2COCc1ccccn1. The number of hydrogen-bond acceptors (Lipinski definition) is 4. The molecule has 6 heteroatoms. The van der Waals surface area contributed by atoms with Crippen LogP contribution in [0.3, 0.4) is 0 Å². The summed E-state index contributed by atoms with van der Waals surface area (Å²) in [6.07, 6.45) is 2.91. The Kier molecular flexibility index (Phi) is 5.18. The number of aromatic nitrogens is 1. The highest BCUT2D eigenvalue weighted by Gasteiger charge is 2.54. The number of likely N-dealkylation sites (tertiary alicyclic amines) is 1. The summed E-state index contributed by atoms with van der Waals surface area (Å²) in [6.45, 7) is 2.94. The number of benzene rings is 1. The first-order chi connectivity index (χ1) is 13.1. The molecule has 0 radical (unpaired) electrons. The molecule has 2 saturated heterocycles. The van der Waals surface area contributed by atoms with E-state index in [1.54, 1.807) is 23.2 Å². The van der Waals surface area contributed by atoms with E-state index in [0.29, 0.717) is 38.5 Å². The predicted molar refractivity (Wildman–Crippen MR) is 97.4 cm³/mol. The van der Waals surface area contributed by atoms with Crippen LogP contribution in [0.15, 0.2) is 48.7 Å². The van der Waals surface area contributed by atoms with E-state index in [9.17, 15) is 9.18 Å². The summed E-state index contributed by atoms with van der Waals surface area (Å²) in [5.41, 5.74) is 1.32. The monoisotopic (exact) mass is 370 g/mol. The van der Waals surface area contributed by atoms with Crippen LogP contribution in [0.1, 0.15) is 17.7 Å². The number of carbonyl (C=O) groups is 1. The average molecular weight is 370 g/mol. The maximum Gasteiger partial charge on any atom is 0.227 e. The van der Waals surface area contributed by atoms with E-state index in [2.05, 4.69) is 4.98 Å². The third kappa shape index (κ3) is 4.01. The molecule has 2 fully saturated rings. The van der Waals surface area contributed by atoms with E-state index in [4.69, 9.17) is 9.47 Å². The van der Waals surface area contributed by atoms with E-state index in [1.807, 2.05) is 18.2 Å². The third-order valence-electron chi connectivity index (χ3n) is 5.41. The minimum absolute atomic E-state index is 0.00915. The quantitative estimate of drug-likeness (QED) is 0.784. The number of carbonyl (C=O) groups excluding carboxylic acids is 1. The van der Waals surface area contributed by atoms with E-state index in [0.717, 1.165) is 12.1 Å². The molecule has 0 bridgehead atoms. The highest BCUT2D eigenvalue weighted by molar-refractivity contribution is 5.80. The van der Waals surface area contributed by atoms with Crippen molar-refractivity contribution >= 4 is 5.91 Å². The summed E-state index contributed by atoms with van der Waals surface area (Å²) < 4.78 is 25.1. The standard InChI is InChI=1S/C21H23FN2O3/c22-18-5-3-4-16(10-18)11-20(25)24-14-21(15-24)17(7-9-27-21)12-26-13-19-6-1-2-8-23-19/h1-6,8,10,17H,7,9,11-15H2. The van der Waals surface area contributed by atoms with Crippen LogP contribution in [0.2, 0.25) is 0 Å². The molecule has 1 unspecified atom stereocenters. The van der Waals surface area contributed by atoms with Crippen molar-refractivity contribution in [2.24, 2.45) is 5.92 Å². The number of pyridine rings is 1. The Bertz CT molecular complexity index is 793. The normalized spacial score (nSPS) is 20.6. The number of nitrogens with zero attached hydrogens (tertiary/aromatic N) is 2. The van der Waals surface area contributed by atoms with E-state index in [1.165, 1.54) is 12.1 Å². The molecule has 3 heterocycles. The van der Waals surface area contributed by atoms with Crippen LogP contribution in [0.5, 0.6) is 0 Å². The van der Waals surface area contributed by atoms with Crippen LogP contribution in [-0.4, -0.2) is 47.7 Å². The Morgan fingerprint density at radius 2 is 2.19 bits per heavy atom. The Balaban J connectivity index is 1.27. The van der Waals surface area contributed by atoms with Gasteiger partial charge in [0.05, 0.1) is 38.4 Å². The predicted octanol–water partition coefficient (Wildman–Crippen LogP) is 2.60. The Hall–Kier alpha value is -2.31. The molecule has 1 amide bonds. The van der Waals surface area contributed by atoms with Gasteiger partial charge in [-0.2, -0.15) is 0 Å². The van der Waals surface area contributed by atoms with Crippen molar-refractivity contribution in [1.29, 1.82) is 0 Å². The van der Waals surface area contributed by atoms with Crippen molar-refractivity contribution in [2.45, 2.75) is 25.0 Å². The van der Waals surface area contributed by atoms with E-state index < -0.39 is 0 Å². The van der Waals surface area contributed by atoms with Gasteiger partial charge in [0.1, 0.15) is 11.4 Å². The molecule has 0 N–H and O–H groups in total. The van der Waals surface area contributed by atoms with Crippen molar-refractivity contribution in [3.8, 4) is 0 Å². The molecule has 1 spiro atoms. The van der Waals surface area contributed by atoms with Crippen LogP contribution in [0.4, 0.5) is 4.39 Å². The molecular formula is C21H23FN2O3. The first kappa shape index (κ1) is 18.1. The average Bonchev–Trinajstić information content (AvgIpc) is 3.05. The lowest BCUT2D eigenvalue weighted by Gasteiger charge is -2.50. The van der Waals surface area contributed by atoms with Crippen molar-refractivity contribution in [1.82, 2.24) is 9.88 Å². The van der Waals surface area contributed by atoms with Crippen molar-refractivity contribution in [2.75, 3.05) is 26.3 Å². The molecule has 1 aromatic heterocycles. The van der Waals surface area contributed by atoms with Crippen LogP contribution >= 0.6 is 0 Å². The maximum atomic E-state index is 13.3. The molecule has 2 aliphatic heterocycles. The zero-order valence-electron chi connectivity index (χ0n) is 15.1. The number of amides is 1. The minimum atomic E-state index is -0.315. The smallest absolute Gasteiger partial charge is 0.227 e. The van der Waals surface area contributed by atoms with Gasteiger partial charge in [-0.1, -0.05) is 18.2 Å². The highest BCUT2D eigenvalue weighted by atomic mass is 19.1. The van der Waals surface area contributed by atoms with Crippen LogP contribution in [0.25, 0.3) is 0 Å². The van der Waals surface area contributed by atoms with Gasteiger partial charge in [-0.15, -0.1) is 0 Å². The molecule has 2 aromatic rings. The van der Waals surface area contributed by atoms with Gasteiger partial charge in [-0.05, 0) is 36.2 Å². The molecule has 0 saturated carbocycles. The Morgan fingerprint density at radius 1 is 1.30 bits per heavy atom. The zero-order valence-corrected chi connectivity index (χ0v) is 15.1. The van der Waals surface area contributed by atoms with Gasteiger partial charge < -0.3 is 14.4 Å². The Labute approximate surface area is 158 Å². The molecule has 2 aliphatic rings. The number of ether oxygens (including phenoxy) is 2. The molecule has 27 heavy (non-hydrogen) atoms. The van der Waals surface area contributed by atoms with Gasteiger partial charge in [-0.3, -0.25) is 9.78 Å². The fraction of sp³-hybridized carbons (Fsp3) is 0.429. The summed E-state index contributed by atoms with van der Waals surface area (Å²) in [6, 6.07) is 12.0. The summed E-state index contributed by atoms with van der Waals surface area (Å²) in [5, 5.41) is 0. The molecule has 1 atom stereocenters. The van der Waals surface area contributed by atoms with Crippen molar-refractivity contribution in [3.05, 3.63) is 65.7 Å². The lowest BCUT2D eigenvalue weighted by atomic mass is 9.81. The zero-order chi connectivity index (χ0) is 18.7. The van der Waals surface area contributed by atoms with Gasteiger partial charge >= 0.3 is 0 Å². The molecular weight excluding hydrogens is 347 g/mol. The fourth-order valence-corrected chi connectivity index (χ4v) is 3.87.